The standard InChI is InChI=1S/C18H27N3O3/c1-20(13-16-10-11-19-24-16)18(23)14-8-9-17(22)21(12-14)15-6-4-2-3-5-7-15/h10-11,14-15H,2-9,12-13H2,1H3/t14-/m1/s1. The fourth-order valence-electron chi connectivity index (χ4n) is 3.94. The molecule has 3 rings (SSSR count). The topological polar surface area (TPSA) is 66.7 Å². The van der Waals surface area contributed by atoms with Gasteiger partial charge in [0.2, 0.25) is 11.8 Å². The minimum Gasteiger partial charge on any atom is -0.360 e. The van der Waals surface area contributed by atoms with Crippen LogP contribution in [0, 0.1) is 5.92 Å². The maximum Gasteiger partial charge on any atom is 0.227 e. The van der Waals surface area contributed by atoms with Gasteiger partial charge in [-0.1, -0.05) is 30.8 Å². The molecule has 0 unspecified atom stereocenters. The Bertz CT molecular complexity index is 550. The summed E-state index contributed by atoms with van der Waals surface area (Å²) in [6.45, 7) is 0.996. The molecular formula is C18H27N3O3. The van der Waals surface area contributed by atoms with Gasteiger partial charge >= 0.3 is 0 Å². The van der Waals surface area contributed by atoms with Crippen LogP contribution in [-0.4, -0.2) is 46.4 Å². The lowest BCUT2D eigenvalue weighted by atomic mass is 9.93. The van der Waals surface area contributed by atoms with Crippen molar-refractivity contribution < 1.29 is 14.1 Å². The van der Waals surface area contributed by atoms with Crippen LogP contribution < -0.4 is 0 Å². The van der Waals surface area contributed by atoms with Crippen molar-refractivity contribution in [2.75, 3.05) is 13.6 Å². The number of amides is 2. The molecule has 2 aliphatic rings. The Morgan fingerprint density at radius 1 is 1.29 bits per heavy atom. The molecule has 1 aromatic rings. The monoisotopic (exact) mass is 333 g/mol. The Balaban J connectivity index is 1.61. The lowest BCUT2D eigenvalue weighted by molar-refractivity contribution is -0.144. The van der Waals surface area contributed by atoms with Crippen LogP contribution in [0.3, 0.4) is 0 Å². The zero-order valence-electron chi connectivity index (χ0n) is 14.4. The number of likely N-dealkylation sites (tertiary alicyclic amines) is 1. The summed E-state index contributed by atoms with van der Waals surface area (Å²) in [6.07, 6.45) is 9.81. The van der Waals surface area contributed by atoms with Crippen molar-refractivity contribution in [1.82, 2.24) is 15.0 Å². The van der Waals surface area contributed by atoms with Crippen molar-refractivity contribution in [2.45, 2.75) is 64.0 Å². The van der Waals surface area contributed by atoms with E-state index in [9.17, 15) is 9.59 Å². The highest BCUT2D eigenvalue weighted by atomic mass is 16.5. The summed E-state index contributed by atoms with van der Waals surface area (Å²) in [6, 6.07) is 2.10. The molecule has 0 radical (unpaired) electrons. The molecule has 6 heteroatoms. The lowest BCUT2D eigenvalue weighted by Crippen LogP contribution is -2.50. The SMILES string of the molecule is CN(Cc1ccno1)C(=O)[C@@H]1CCC(=O)N(C2CCCCCC2)C1. The second-order valence-corrected chi connectivity index (χ2v) is 7.10. The van der Waals surface area contributed by atoms with Gasteiger partial charge in [-0.25, -0.2) is 0 Å². The molecule has 2 fully saturated rings. The first kappa shape index (κ1) is 17.0. The molecule has 0 aromatic carbocycles. The Labute approximate surface area is 143 Å². The molecule has 1 saturated heterocycles. The predicted octanol–water partition coefficient (Wildman–Crippen LogP) is 2.59. The fraction of sp³-hybridized carbons (Fsp3) is 0.722. The van der Waals surface area contributed by atoms with Crippen LogP contribution in [-0.2, 0) is 16.1 Å². The molecule has 1 aromatic heterocycles. The van der Waals surface area contributed by atoms with E-state index in [0.717, 1.165) is 12.8 Å². The number of piperidine rings is 1. The first-order valence-electron chi connectivity index (χ1n) is 9.09. The average Bonchev–Trinajstić information content (AvgIpc) is 2.94. The van der Waals surface area contributed by atoms with E-state index < -0.39 is 0 Å². The van der Waals surface area contributed by atoms with Gasteiger partial charge in [0.1, 0.15) is 0 Å². The smallest absolute Gasteiger partial charge is 0.227 e. The number of rotatable bonds is 4. The van der Waals surface area contributed by atoms with Crippen LogP contribution in [0.15, 0.2) is 16.8 Å². The van der Waals surface area contributed by atoms with Crippen molar-refractivity contribution in [2.24, 2.45) is 5.92 Å². The minimum atomic E-state index is -0.0983. The summed E-state index contributed by atoms with van der Waals surface area (Å²) in [5.41, 5.74) is 0. The van der Waals surface area contributed by atoms with Gasteiger partial charge in [-0.3, -0.25) is 9.59 Å². The van der Waals surface area contributed by atoms with E-state index >= 15 is 0 Å². The molecule has 1 atom stereocenters. The van der Waals surface area contributed by atoms with Crippen molar-refractivity contribution in [3.05, 3.63) is 18.0 Å². The quantitative estimate of drug-likeness (QED) is 0.794. The molecule has 2 heterocycles. The molecule has 24 heavy (non-hydrogen) atoms. The van der Waals surface area contributed by atoms with E-state index in [1.807, 2.05) is 4.90 Å². The number of nitrogens with zero attached hydrogens (tertiary/aromatic N) is 3. The van der Waals surface area contributed by atoms with E-state index in [1.54, 1.807) is 24.2 Å². The van der Waals surface area contributed by atoms with Gasteiger partial charge in [-0.15, -0.1) is 0 Å². The third-order valence-corrected chi connectivity index (χ3v) is 5.32. The van der Waals surface area contributed by atoms with Crippen LogP contribution in [0.1, 0.15) is 57.1 Å². The van der Waals surface area contributed by atoms with E-state index in [4.69, 9.17) is 4.52 Å². The lowest BCUT2D eigenvalue weighted by Gasteiger charge is -2.38. The van der Waals surface area contributed by atoms with Crippen LogP contribution in [0.25, 0.3) is 0 Å². The molecule has 1 saturated carbocycles. The number of aromatic nitrogens is 1. The van der Waals surface area contributed by atoms with Gasteiger partial charge in [-0.05, 0) is 19.3 Å². The molecule has 1 aliphatic heterocycles. The third-order valence-electron chi connectivity index (χ3n) is 5.32. The van der Waals surface area contributed by atoms with Crippen LogP contribution in [0.5, 0.6) is 0 Å². The zero-order chi connectivity index (χ0) is 16.9. The second kappa shape index (κ2) is 7.81. The van der Waals surface area contributed by atoms with Crippen molar-refractivity contribution >= 4 is 11.8 Å². The highest BCUT2D eigenvalue weighted by molar-refractivity contribution is 5.83. The summed E-state index contributed by atoms with van der Waals surface area (Å²) < 4.78 is 5.08. The average molecular weight is 333 g/mol. The van der Waals surface area contributed by atoms with Gasteiger partial charge in [0.25, 0.3) is 0 Å². The Morgan fingerprint density at radius 2 is 2.04 bits per heavy atom. The van der Waals surface area contributed by atoms with Gasteiger partial charge < -0.3 is 14.3 Å². The molecule has 6 nitrogen and oxygen atoms in total. The summed E-state index contributed by atoms with van der Waals surface area (Å²) in [7, 11) is 1.79. The number of hydrogen-bond acceptors (Lipinski definition) is 4. The van der Waals surface area contributed by atoms with E-state index in [-0.39, 0.29) is 17.7 Å². The zero-order valence-corrected chi connectivity index (χ0v) is 14.4. The fourth-order valence-corrected chi connectivity index (χ4v) is 3.94. The summed E-state index contributed by atoms with van der Waals surface area (Å²) in [5, 5.41) is 3.67. The van der Waals surface area contributed by atoms with Crippen molar-refractivity contribution in [3.63, 3.8) is 0 Å². The molecular weight excluding hydrogens is 306 g/mol. The normalized spacial score (nSPS) is 23.1. The molecule has 2 amide bonds. The van der Waals surface area contributed by atoms with E-state index in [1.165, 1.54) is 25.7 Å². The maximum absolute atomic E-state index is 12.8. The number of carbonyl (C=O) groups is 2. The first-order chi connectivity index (χ1) is 11.6. The number of carbonyl (C=O) groups excluding carboxylic acids is 2. The van der Waals surface area contributed by atoms with Crippen LogP contribution in [0.4, 0.5) is 0 Å². The van der Waals surface area contributed by atoms with E-state index in [0.29, 0.717) is 37.7 Å². The minimum absolute atomic E-state index is 0.0949. The predicted molar refractivity (Wildman–Crippen MR) is 88.9 cm³/mol. The second-order valence-electron chi connectivity index (χ2n) is 7.10. The van der Waals surface area contributed by atoms with Crippen molar-refractivity contribution in [3.8, 4) is 0 Å². The Hall–Kier alpha value is -1.85. The summed E-state index contributed by atoms with van der Waals surface area (Å²) in [5.74, 6) is 0.901. The summed E-state index contributed by atoms with van der Waals surface area (Å²) in [4.78, 5) is 28.8. The largest absolute Gasteiger partial charge is 0.360 e. The highest BCUT2D eigenvalue weighted by Crippen LogP contribution is 2.28. The molecule has 132 valence electrons. The van der Waals surface area contributed by atoms with Crippen LogP contribution >= 0.6 is 0 Å². The molecule has 0 spiro atoms. The van der Waals surface area contributed by atoms with Gasteiger partial charge in [0.05, 0.1) is 18.7 Å². The molecule has 0 bridgehead atoms. The highest BCUT2D eigenvalue weighted by Gasteiger charge is 2.35. The summed E-state index contributed by atoms with van der Waals surface area (Å²) >= 11 is 0. The number of hydrogen-bond donors (Lipinski definition) is 0. The van der Waals surface area contributed by atoms with Crippen molar-refractivity contribution in [1.29, 1.82) is 0 Å². The van der Waals surface area contributed by atoms with Gasteiger partial charge in [0.15, 0.2) is 5.76 Å². The van der Waals surface area contributed by atoms with Gasteiger partial charge in [-0.2, -0.15) is 0 Å². The maximum atomic E-state index is 12.8. The van der Waals surface area contributed by atoms with E-state index in [2.05, 4.69) is 5.16 Å². The Kier molecular flexibility index (Phi) is 5.53. The Morgan fingerprint density at radius 3 is 2.71 bits per heavy atom. The first-order valence-corrected chi connectivity index (χ1v) is 9.09. The van der Waals surface area contributed by atoms with Gasteiger partial charge in [0, 0.05) is 32.1 Å². The molecule has 1 aliphatic carbocycles. The van der Waals surface area contributed by atoms with Crippen LogP contribution in [0.2, 0.25) is 0 Å². The molecule has 0 N–H and O–H groups in total. The third kappa shape index (κ3) is 3.97.